The van der Waals surface area contributed by atoms with Gasteiger partial charge in [-0.2, -0.15) is 0 Å². The molecule has 2 aliphatic heterocycles. The Kier molecular flexibility index (Phi) is 4.79. The zero-order valence-corrected chi connectivity index (χ0v) is 17.7. The molecule has 1 unspecified atom stereocenters. The number of sulfonamides is 1. The van der Waals surface area contributed by atoms with E-state index >= 15 is 0 Å². The first-order valence-corrected chi connectivity index (χ1v) is 12.1. The molecule has 0 bridgehead atoms. The average molecular weight is 441 g/mol. The number of carbonyl (C=O) groups is 1. The van der Waals surface area contributed by atoms with Gasteiger partial charge in [0.05, 0.1) is 20.1 Å². The zero-order chi connectivity index (χ0) is 20.7. The molecule has 7 nitrogen and oxygen atoms in total. The third-order valence-corrected chi connectivity index (χ3v) is 8.06. The summed E-state index contributed by atoms with van der Waals surface area (Å²) in [6, 6.07) is 14.7. The number of nitrogens with one attached hydrogen (secondary N) is 1. The predicted octanol–water partition coefficient (Wildman–Crippen LogP) is 2.74. The number of likely N-dealkylation sites (tertiary alicyclic amines) is 1. The van der Waals surface area contributed by atoms with Gasteiger partial charge in [0.1, 0.15) is 12.4 Å². The quantitative estimate of drug-likeness (QED) is 0.678. The lowest BCUT2D eigenvalue weighted by molar-refractivity contribution is -0.130. The fraction of sp³-hybridized carbons (Fsp3) is 0.286. The van der Waals surface area contributed by atoms with Gasteiger partial charge >= 0.3 is 0 Å². The number of benzene rings is 2. The van der Waals surface area contributed by atoms with Crippen molar-refractivity contribution in [1.82, 2.24) is 14.6 Å². The van der Waals surface area contributed by atoms with E-state index in [9.17, 15) is 13.2 Å². The molecule has 0 aliphatic carbocycles. The van der Waals surface area contributed by atoms with Crippen LogP contribution in [0.15, 0.2) is 58.4 Å². The standard InChI is InChI=1S/C21H20N4O3S2/c26-19(12-22-20-15-7-1-4-10-18(15)30(27,28)24-20)25-11-5-6-14(13-25)21-23-16-8-2-3-9-17(16)29-21/h1-4,7-10,14H,5-6,11-13H2,(H,22,24). The lowest BCUT2D eigenvalue weighted by Gasteiger charge is -2.31. The number of para-hydroxylation sites is 1. The van der Waals surface area contributed by atoms with Crippen molar-refractivity contribution in [3.05, 3.63) is 59.1 Å². The highest BCUT2D eigenvalue weighted by atomic mass is 32.2. The number of hydrogen-bond donors (Lipinski definition) is 1. The van der Waals surface area contributed by atoms with E-state index in [1.54, 1.807) is 29.5 Å². The van der Waals surface area contributed by atoms with Crippen LogP contribution in [0.4, 0.5) is 0 Å². The highest BCUT2D eigenvalue weighted by Gasteiger charge is 2.31. The molecule has 9 heteroatoms. The molecular weight excluding hydrogens is 420 g/mol. The molecule has 1 atom stereocenters. The number of aromatic nitrogens is 1. The van der Waals surface area contributed by atoms with Gasteiger partial charge in [0, 0.05) is 24.6 Å². The number of carbonyl (C=O) groups excluding carboxylic acids is 1. The molecule has 0 radical (unpaired) electrons. The van der Waals surface area contributed by atoms with Crippen LogP contribution in [0, 0.1) is 0 Å². The number of fused-ring (bicyclic) bond motifs is 2. The van der Waals surface area contributed by atoms with Gasteiger partial charge in [-0.3, -0.25) is 14.5 Å². The molecule has 2 aromatic carbocycles. The van der Waals surface area contributed by atoms with Crippen molar-refractivity contribution < 1.29 is 13.2 Å². The molecule has 1 aromatic heterocycles. The van der Waals surface area contributed by atoms with Crippen molar-refractivity contribution in [3.8, 4) is 0 Å². The molecule has 1 saturated heterocycles. The van der Waals surface area contributed by atoms with Crippen LogP contribution < -0.4 is 4.72 Å². The van der Waals surface area contributed by atoms with Gasteiger partial charge in [-0.05, 0) is 37.1 Å². The van der Waals surface area contributed by atoms with Crippen LogP contribution in [0.3, 0.4) is 0 Å². The van der Waals surface area contributed by atoms with Crippen LogP contribution in [0.5, 0.6) is 0 Å². The molecule has 154 valence electrons. The number of piperidine rings is 1. The number of rotatable bonds is 3. The Morgan fingerprint density at radius 2 is 2.00 bits per heavy atom. The minimum Gasteiger partial charge on any atom is -0.340 e. The van der Waals surface area contributed by atoms with Gasteiger partial charge < -0.3 is 4.90 Å². The van der Waals surface area contributed by atoms with Crippen molar-refractivity contribution in [2.24, 2.45) is 4.99 Å². The average Bonchev–Trinajstić information content (AvgIpc) is 3.31. The van der Waals surface area contributed by atoms with Gasteiger partial charge in [0.15, 0.2) is 0 Å². The molecule has 3 heterocycles. The molecule has 1 fully saturated rings. The summed E-state index contributed by atoms with van der Waals surface area (Å²) >= 11 is 1.69. The van der Waals surface area contributed by atoms with Gasteiger partial charge in [0.25, 0.3) is 10.0 Å². The Bertz CT molecular complexity index is 1230. The first kappa shape index (κ1) is 19.2. The Balaban J connectivity index is 1.30. The van der Waals surface area contributed by atoms with E-state index in [1.165, 1.54) is 6.07 Å². The molecule has 0 spiro atoms. The molecule has 1 N–H and O–H groups in total. The van der Waals surface area contributed by atoms with E-state index in [1.807, 2.05) is 23.1 Å². The maximum absolute atomic E-state index is 12.8. The Labute approximate surface area is 178 Å². The van der Waals surface area contributed by atoms with Gasteiger partial charge in [-0.15, -0.1) is 11.3 Å². The van der Waals surface area contributed by atoms with E-state index in [-0.39, 0.29) is 29.1 Å². The second kappa shape index (κ2) is 7.48. The number of hydrogen-bond acceptors (Lipinski definition) is 6. The summed E-state index contributed by atoms with van der Waals surface area (Å²) in [5, 5.41) is 1.07. The van der Waals surface area contributed by atoms with E-state index in [0.717, 1.165) is 28.1 Å². The smallest absolute Gasteiger partial charge is 0.263 e. The van der Waals surface area contributed by atoms with E-state index < -0.39 is 10.0 Å². The molecule has 0 saturated carbocycles. The Hall–Kier alpha value is -2.78. The maximum atomic E-state index is 12.8. The van der Waals surface area contributed by atoms with Crippen LogP contribution in [0.25, 0.3) is 10.2 Å². The summed E-state index contributed by atoms with van der Waals surface area (Å²) in [6.07, 6.45) is 1.92. The number of amides is 1. The number of nitrogens with zero attached hydrogens (tertiary/aromatic N) is 3. The lowest BCUT2D eigenvalue weighted by atomic mass is 9.98. The van der Waals surface area contributed by atoms with Gasteiger partial charge in [0.2, 0.25) is 5.91 Å². The topological polar surface area (TPSA) is 91.7 Å². The zero-order valence-electron chi connectivity index (χ0n) is 16.1. The fourth-order valence-corrected chi connectivity index (χ4v) is 6.31. The Morgan fingerprint density at radius 3 is 2.87 bits per heavy atom. The second-order valence-electron chi connectivity index (χ2n) is 7.47. The van der Waals surface area contributed by atoms with Crippen molar-refractivity contribution in [1.29, 1.82) is 0 Å². The van der Waals surface area contributed by atoms with Crippen molar-refractivity contribution in [3.63, 3.8) is 0 Å². The van der Waals surface area contributed by atoms with Crippen molar-refractivity contribution in [2.75, 3.05) is 19.6 Å². The number of thiazole rings is 1. The van der Waals surface area contributed by atoms with E-state index in [4.69, 9.17) is 4.98 Å². The largest absolute Gasteiger partial charge is 0.340 e. The summed E-state index contributed by atoms with van der Waals surface area (Å²) in [5.41, 5.74) is 1.51. The predicted molar refractivity (Wildman–Crippen MR) is 116 cm³/mol. The van der Waals surface area contributed by atoms with Gasteiger partial charge in [-0.1, -0.05) is 24.3 Å². The van der Waals surface area contributed by atoms with Crippen molar-refractivity contribution in [2.45, 2.75) is 23.7 Å². The number of amidine groups is 1. The van der Waals surface area contributed by atoms with Crippen LogP contribution in [-0.4, -0.2) is 49.7 Å². The first-order chi connectivity index (χ1) is 14.5. The molecule has 5 rings (SSSR count). The molecule has 1 amide bonds. The lowest BCUT2D eigenvalue weighted by Crippen LogP contribution is -2.40. The minimum absolute atomic E-state index is 0.0846. The third kappa shape index (κ3) is 3.48. The maximum Gasteiger partial charge on any atom is 0.263 e. The summed E-state index contributed by atoms with van der Waals surface area (Å²) in [7, 11) is -3.60. The monoisotopic (exact) mass is 440 g/mol. The normalized spacial score (nSPS) is 21.5. The first-order valence-electron chi connectivity index (χ1n) is 9.81. The summed E-state index contributed by atoms with van der Waals surface area (Å²) < 4.78 is 28.0. The fourth-order valence-electron chi connectivity index (χ4n) is 3.97. The third-order valence-electron chi connectivity index (χ3n) is 5.47. The molecule has 30 heavy (non-hydrogen) atoms. The minimum atomic E-state index is -3.60. The van der Waals surface area contributed by atoms with Crippen LogP contribution in [0.2, 0.25) is 0 Å². The Morgan fingerprint density at radius 1 is 1.20 bits per heavy atom. The molecular formula is C21H20N4O3S2. The van der Waals surface area contributed by atoms with E-state index in [2.05, 4.69) is 15.8 Å². The highest BCUT2D eigenvalue weighted by molar-refractivity contribution is 7.90. The van der Waals surface area contributed by atoms with Gasteiger partial charge in [-0.25, -0.2) is 13.4 Å². The van der Waals surface area contributed by atoms with Crippen LogP contribution in [-0.2, 0) is 14.8 Å². The SMILES string of the molecule is O=C(CN=C1NS(=O)(=O)c2ccccc21)N1CCCC(c2nc3ccccc3s2)C1. The summed E-state index contributed by atoms with van der Waals surface area (Å²) in [6.45, 7) is 1.22. The van der Waals surface area contributed by atoms with Crippen LogP contribution >= 0.6 is 11.3 Å². The van der Waals surface area contributed by atoms with Crippen molar-refractivity contribution >= 4 is 43.3 Å². The van der Waals surface area contributed by atoms with Crippen LogP contribution in [0.1, 0.15) is 29.3 Å². The summed E-state index contributed by atoms with van der Waals surface area (Å²) in [5.74, 6) is 0.356. The highest BCUT2D eigenvalue weighted by Crippen LogP contribution is 2.33. The van der Waals surface area contributed by atoms with E-state index in [0.29, 0.717) is 18.7 Å². The molecule has 2 aliphatic rings. The summed E-state index contributed by atoms with van der Waals surface area (Å²) in [4.78, 5) is 23.9. The molecule has 3 aromatic rings. The second-order valence-corrected chi connectivity index (χ2v) is 10.2. The number of aliphatic imine (C=N–C) groups is 1.